The molecule has 0 bridgehead atoms. The van der Waals surface area contributed by atoms with Crippen molar-refractivity contribution in [1.82, 2.24) is 0 Å². The summed E-state index contributed by atoms with van der Waals surface area (Å²) in [5.74, 6) is 28.7. The first-order chi connectivity index (χ1) is 53.7. The molecule has 3 heteroatoms. The smallest absolute Gasteiger partial charge is 0.148 e. The van der Waals surface area contributed by atoms with Crippen LogP contribution < -0.4 is 0 Å². The third-order valence-electron chi connectivity index (χ3n) is 23.0. The van der Waals surface area contributed by atoms with Crippen LogP contribution in [0.25, 0.3) is 0 Å². The number of para-hydroxylation sites is 2. The molecule has 0 aliphatic heterocycles. The number of hydrogen-bond acceptors (Lipinski definition) is 2. The van der Waals surface area contributed by atoms with Gasteiger partial charge < -0.3 is 0 Å². The third kappa shape index (κ3) is 73.2. The van der Waals surface area contributed by atoms with Crippen molar-refractivity contribution in [3.8, 4) is 47.4 Å². The van der Waals surface area contributed by atoms with E-state index in [0.29, 0.717) is 11.4 Å². The first-order valence-corrected chi connectivity index (χ1v) is 49.0. The molecule has 624 valence electrons. The van der Waals surface area contributed by atoms with E-state index in [9.17, 15) is 0 Å². The number of unbranched alkanes of at least 4 members (excludes halogenated alkanes) is 72. The normalized spacial score (nSPS) is 11.4. The quantitative estimate of drug-likeness (QED) is 0.0273. The van der Waals surface area contributed by atoms with E-state index >= 15 is 0 Å². The van der Waals surface area contributed by atoms with Gasteiger partial charge >= 0.3 is 0 Å². The monoisotopic (exact) mass is 1540 g/mol. The Balaban J connectivity index is 0.0000594. The average Bonchev–Trinajstić information content (AvgIpc) is 0.842. The molecule has 0 saturated carbocycles. The van der Waals surface area contributed by atoms with Crippen molar-refractivity contribution >= 4 is 22.8 Å². The maximum atomic E-state index is 5.47. The Bertz CT molecular complexity index is 2540. The molecule has 0 saturated heterocycles. The van der Waals surface area contributed by atoms with Gasteiger partial charge in [0.05, 0.1) is 11.4 Å². The second-order valence-electron chi connectivity index (χ2n) is 33.5. The van der Waals surface area contributed by atoms with Crippen molar-refractivity contribution in [1.29, 1.82) is 0 Å². The van der Waals surface area contributed by atoms with Crippen LogP contribution in [0.1, 0.15) is 540 Å². The van der Waals surface area contributed by atoms with E-state index in [2.05, 4.69) is 124 Å². The number of aliphatic imine (C=N–C) groups is 2. The van der Waals surface area contributed by atoms with E-state index < -0.39 is 0 Å². The summed E-state index contributed by atoms with van der Waals surface area (Å²) in [5, 5.41) is 0. The Morgan fingerprint density at radius 1 is 0.193 bits per heavy atom. The van der Waals surface area contributed by atoms with Crippen LogP contribution in [0.15, 0.2) is 58.5 Å². The molecule has 0 unspecified atom stereocenters. The number of benzene rings is 2. The molecule has 2 rings (SSSR count). The van der Waals surface area contributed by atoms with Crippen LogP contribution in [0.4, 0.5) is 11.4 Å². The van der Waals surface area contributed by atoms with E-state index in [0.717, 1.165) is 75.6 Å². The van der Waals surface area contributed by atoms with Crippen LogP contribution in [0.2, 0.25) is 0 Å². The van der Waals surface area contributed by atoms with Gasteiger partial charge in [0.1, 0.15) is 11.4 Å². The SMILES string of the molecule is CCCCCCCC#CC(=Nc1ccccc1CCC#CCCCCCCCCCCCCCCCCCCCCCCC)C(C#CCCCCCCCCCCCCCCCCCCCCCCCCCCC)=Nc1ccccc1CCC#CCCCCCCCCCCCCCCCCCCCCCCC.[Ni]. The van der Waals surface area contributed by atoms with E-state index in [-0.39, 0.29) is 16.5 Å². The fourth-order valence-electron chi connectivity index (χ4n) is 15.7. The second kappa shape index (κ2) is 88.5. The molecule has 0 aromatic heterocycles. The van der Waals surface area contributed by atoms with Gasteiger partial charge in [0.2, 0.25) is 0 Å². The molecule has 0 radical (unpaired) electrons. The average molecular weight is 1540 g/mol. The standard InChI is InChI=1S/C106H180N2.Ni/c1-5-9-13-17-21-24-27-30-33-36-39-42-45-48-49-52-55-58-61-64-67-70-73-76-80-84-88-100-106(108-104-98-92-90-96-102(104)94-86-82-79-75-72-69-66-63-60-57-54-51-47-44-41-38-35-32-29-26-23-19-15-11-7-3)105(99-87-83-77-20-16-12-8-4)107-103-97-91-89-95-101(103)93-85-81-78-74-71-68-65-62-59-56-53-50-46-43-40-37-34-31-28-25-22-18-14-10-6-2;/h89-92,95-98H,5-77,80,83-86,93-94H2,1-4H3;. The van der Waals surface area contributed by atoms with Crippen molar-refractivity contribution in [2.24, 2.45) is 9.98 Å². The summed E-state index contributed by atoms with van der Waals surface area (Å²) < 4.78 is 0. The molecule has 2 aromatic rings. The third-order valence-corrected chi connectivity index (χ3v) is 23.0. The van der Waals surface area contributed by atoms with E-state index in [4.69, 9.17) is 9.98 Å². The van der Waals surface area contributed by atoms with Gasteiger partial charge in [-0.25, -0.2) is 9.98 Å². The fraction of sp³-hybridized carbons (Fsp3) is 0.792. The number of aryl methyl sites for hydroxylation is 2. The van der Waals surface area contributed by atoms with Crippen LogP contribution in [-0.4, -0.2) is 11.4 Å². The minimum absolute atomic E-state index is 0. The summed E-state index contributed by atoms with van der Waals surface area (Å²) in [4.78, 5) is 10.9. The first-order valence-electron chi connectivity index (χ1n) is 49.0. The molecular weight excluding hydrogens is 1360 g/mol. The molecular formula is C106H180N2Ni. The fourth-order valence-corrected chi connectivity index (χ4v) is 15.7. The molecule has 0 atom stereocenters. The van der Waals surface area contributed by atoms with Crippen LogP contribution in [0.3, 0.4) is 0 Å². The van der Waals surface area contributed by atoms with Crippen molar-refractivity contribution in [3.63, 3.8) is 0 Å². The Kier molecular flexibility index (Phi) is 84.0. The summed E-state index contributed by atoms with van der Waals surface area (Å²) in [6.07, 6.45) is 108. The Hall–Kier alpha value is -3.49. The number of rotatable bonds is 79. The van der Waals surface area contributed by atoms with Gasteiger partial charge in [0.15, 0.2) is 0 Å². The minimum atomic E-state index is 0. The molecule has 0 heterocycles. The summed E-state index contributed by atoms with van der Waals surface area (Å²) in [7, 11) is 0. The maximum Gasteiger partial charge on any atom is 0.148 e. The van der Waals surface area contributed by atoms with Crippen molar-refractivity contribution in [3.05, 3.63) is 59.7 Å². The number of hydrogen-bond donors (Lipinski definition) is 0. The molecule has 0 aliphatic carbocycles. The second-order valence-corrected chi connectivity index (χ2v) is 33.5. The van der Waals surface area contributed by atoms with Crippen molar-refractivity contribution in [2.45, 2.75) is 541 Å². The molecule has 0 amide bonds. The number of nitrogens with zero attached hydrogens (tertiary/aromatic N) is 2. The molecule has 0 fully saturated rings. The zero-order valence-electron chi connectivity index (χ0n) is 73.4. The summed E-state index contributed by atoms with van der Waals surface area (Å²) >= 11 is 0. The predicted octanol–water partition coefficient (Wildman–Crippen LogP) is 36.1. The molecule has 0 aliphatic rings. The predicted molar refractivity (Wildman–Crippen MR) is 488 cm³/mol. The maximum absolute atomic E-state index is 5.47. The summed E-state index contributed by atoms with van der Waals surface area (Å²) in [6, 6.07) is 17.4. The van der Waals surface area contributed by atoms with Gasteiger partial charge in [-0.2, -0.15) is 0 Å². The van der Waals surface area contributed by atoms with Crippen LogP contribution in [-0.2, 0) is 29.3 Å². The Labute approximate surface area is 693 Å². The largest absolute Gasteiger partial charge is 0.237 e. The van der Waals surface area contributed by atoms with Crippen LogP contribution in [0.5, 0.6) is 0 Å². The van der Waals surface area contributed by atoms with Crippen molar-refractivity contribution < 1.29 is 16.5 Å². The zero-order valence-corrected chi connectivity index (χ0v) is 74.4. The molecule has 0 spiro atoms. The molecule has 0 N–H and O–H groups in total. The molecule has 2 aromatic carbocycles. The van der Waals surface area contributed by atoms with Crippen LogP contribution >= 0.6 is 0 Å². The van der Waals surface area contributed by atoms with Gasteiger partial charge in [-0.15, -0.1) is 23.7 Å². The molecule has 2 nitrogen and oxygen atoms in total. The zero-order chi connectivity index (χ0) is 76.8. The minimum Gasteiger partial charge on any atom is -0.237 e. The summed E-state index contributed by atoms with van der Waals surface area (Å²) in [6.45, 7) is 9.23. The van der Waals surface area contributed by atoms with E-state index in [1.807, 2.05) is 0 Å². The Morgan fingerprint density at radius 3 is 0.541 bits per heavy atom. The van der Waals surface area contributed by atoms with Gasteiger partial charge in [0, 0.05) is 55.0 Å². The van der Waals surface area contributed by atoms with Crippen molar-refractivity contribution in [2.75, 3.05) is 0 Å². The first kappa shape index (κ1) is 104. The molecule has 109 heavy (non-hydrogen) atoms. The topological polar surface area (TPSA) is 24.7 Å². The van der Waals surface area contributed by atoms with Gasteiger partial charge in [-0.05, 0) is 73.6 Å². The van der Waals surface area contributed by atoms with Gasteiger partial charge in [-0.1, -0.05) is 513 Å². The van der Waals surface area contributed by atoms with Gasteiger partial charge in [-0.3, -0.25) is 0 Å². The van der Waals surface area contributed by atoms with E-state index in [1.165, 1.54) is 461 Å². The van der Waals surface area contributed by atoms with Gasteiger partial charge in [0.25, 0.3) is 0 Å². The summed E-state index contributed by atoms with van der Waals surface area (Å²) in [5.41, 5.74) is 5.75. The van der Waals surface area contributed by atoms with Crippen LogP contribution in [0, 0.1) is 47.4 Å². The van der Waals surface area contributed by atoms with E-state index in [1.54, 1.807) is 0 Å². The Morgan fingerprint density at radius 2 is 0.349 bits per heavy atom.